The smallest absolute Gasteiger partial charge is 0.255 e. The Hall–Kier alpha value is -0.740. The number of nitrogens with one attached hydrogen (secondary N) is 1. The molecule has 3 nitrogen and oxygen atoms in total. The van der Waals surface area contributed by atoms with E-state index in [9.17, 15) is 4.79 Å². The van der Waals surface area contributed by atoms with E-state index < -0.39 is 0 Å². The van der Waals surface area contributed by atoms with Crippen LogP contribution in [-0.4, -0.2) is 23.9 Å². The van der Waals surface area contributed by atoms with Crippen molar-refractivity contribution in [2.75, 3.05) is 7.11 Å². The largest absolute Gasteiger partial charge is 0.496 e. The number of benzene rings is 1. The molecule has 110 valence electrons. The van der Waals surface area contributed by atoms with Crippen LogP contribution in [0.25, 0.3) is 0 Å². The van der Waals surface area contributed by atoms with Crippen molar-refractivity contribution in [3.8, 4) is 5.75 Å². The topological polar surface area (TPSA) is 38.3 Å². The molecule has 1 aliphatic rings. The number of rotatable bonds is 3. The summed E-state index contributed by atoms with van der Waals surface area (Å²) < 4.78 is 5.23. The molecule has 0 radical (unpaired) electrons. The van der Waals surface area contributed by atoms with Crippen LogP contribution >= 0.6 is 27.5 Å². The molecule has 5 heteroatoms. The SMILES string of the molecule is COc1cc(Cl)ccc1C(=O)NC1CCCCCC1Br. The first kappa shape index (κ1) is 15.6. The van der Waals surface area contributed by atoms with Gasteiger partial charge < -0.3 is 10.1 Å². The fraction of sp³-hybridized carbons (Fsp3) is 0.533. The summed E-state index contributed by atoms with van der Waals surface area (Å²) in [6, 6.07) is 5.24. The number of hydrogen-bond acceptors (Lipinski definition) is 2. The molecular formula is C15H19BrClNO2. The van der Waals surface area contributed by atoms with E-state index >= 15 is 0 Å². The number of alkyl halides is 1. The second-order valence-corrected chi connectivity index (χ2v) is 6.69. The van der Waals surface area contributed by atoms with Crippen LogP contribution in [0.3, 0.4) is 0 Å². The molecule has 1 aromatic carbocycles. The fourth-order valence-electron chi connectivity index (χ4n) is 2.52. The van der Waals surface area contributed by atoms with Crippen LogP contribution in [-0.2, 0) is 0 Å². The highest BCUT2D eigenvalue weighted by atomic mass is 79.9. The zero-order valence-electron chi connectivity index (χ0n) is 11.5. The molecule has 0 aliphatic heterocycles. The summed E-state index contributed by atoms with van der Waals surface area (Å²) in [5, 5.41) is 3.67. The Balaban J connectivity index is 2.11. The lowest BCUT2D eigenvalue weighted by Crippen LogP contribution is -2.40. The molecule has 1 aromatic rings. The Morgan fingerprint density at radius 2 is 2.10 bits per heavy atom. The van der Waals surface area contributed by atoms with Crippen molar-refractivity contribution in [3.63, 3.8) is 0 Å². The first-order chi connectivity index (χ1) is 9.61. The summed E-state index contributed by atoms with van der Waals surface area (Å²) in [6.07, 6.45) is 5.72. The molecule has 2 unspecified atom stereocenters. The van der Waals surface area contributed by atoms with Crippen molar-refractivity contribution < 1.29 is 9.53 Å². The zero-order chi connectivity index (χ0) is 14.5. The maximum atomic E-state index is 12.4. The van der Waals surface area contributed by atoms with Gasteiger partial charge in [0.1, 0.15) is 5.75 Å². The lowest BCUT2D eigenvalue weighted by atomic mass is 10.1. The number of ether oxygens (including phenoxy) is 1. The Morgan fingerprint density at radius 3 is 2.85 bits per heavy atom. The van der Waals surface area contributed by atoms with Crippen LogP contribution in [0.15, 0.2) is 18.2 Å². The maximum absolute atomic E-state index is 12.4. The molecule has 0 saturated heterocycles. The van der Waals surface area contributed by atoms with Gasteiger partial charge in [-0.05, 0) is 31.0 Å². The highest BCUT2D eigenvalue weighted by Gasteiger charge is 2.24. The first-order valence-corrected chi connectivity index (χ1v) is 8.19. The van der Waals surface area contributed by atoms with E-state index in [1.165, 1.54) is 12.8 Å². The van der Waals surface area contributed by atoms with Gasteiger partial charge in [-0.2, -0.15) is 0 Å². The van der Waals surface area contributed by atoms with Crippen LogP contribution < -0.4 is 10.1 Å². The van der Waals surface area contributed by atoms with Gasteiger partial charge in [0, 0.05) is 15.9 Å². The average molecular weight is 361 g/mol. The first-order valence-electron chi connectivity index (χ1n) is 6.90. The molecule has 0 aromatic heterocycles. The molecule has 1 saturated carbocycles. The molecule has 0 spiro atoms. The summed E-state index contributed by atoms with van der Waals surface area (Å²) in [4.78, 5) is 12.7. The predicted molar refractivity (Wildman–Crippen MR) is 85.1 cm³/mol. The number of carbonyl (C=O) groups is 1. The summed E-state index contributed by atoms with van der Waals surface area (Å²) in [6.45, 7) is 0. The van der Waals surface area contributed by atoms with Gasteiger partial charge in [-0.25, -0.2) is 0 Å². The van der Waals surface area contributed by atoms with Crippen molar-refractivity contribution in [1.29, 1.82) is 0 Å². The molecule has 1 aliphatic carbocycles. The molecular weight excluding hydrogens is 342 g/mol. The van der Waals surface area contributed by atoms with Gasteiger partial charge in [-0.15, -0.1) is 0 Å². The minimum atomic E-state index is -0.102. The highest BCUT2D eigenvalue weighted by molar-refractivity contribution is 9.09. The van der Waals surface area contributed by atoms with E-state index in [1.807, 2.05) is 0 Å². The standard InChI is InChI=1S/C15H19BrClNO2/c1-20-14-9-10(17)7-8-11(14)15(19)18-13-6-4-2-3-5-12(13)16/h7-9,12-13H,2-6H2,1H3,(H,18,19). The van der Waals surface area contributed by atoms with Crippen molar-refractivity contribution in [3.05, 3.63) is 28.8 Å². The monoisotopic (exact) mass is 359 g/mol. The van der Waals surface area contributed by atoms with Crippen LogP contribution in [0.4, 0.5) is 0 Å². The van der Waals surface area contributed by atoms with Gasteiger partial charge in [0.15, 0.2) is 0 Å². The third-order valence-electron chi connectivity index (χ3n) is 3.66. The highest BCUT2D eigenvalue weighted by Crippen LogP contribution is 2.26. The second-order valence-electron chi connectivity index (χ2n) is 5.08. The van der Waals surface area contributed by atoms with Gasteiger partial charge in [-0.1, -0.05) is 46.8 Å². The Morgan fingerprint density at radius 1 is 1.35 bits per heavy atom. The third-order valence-corrected chi connectivity index (χ3v) is 4.99. The molecule has 1 amide bonds. The van der Waals surface area contributed by atoms with Crippen molar-refractivity contribution in [1.82, 2.24) is 5.32 Å². The van der Waals surface area contributed by atoms with E-state index in [1.54, 1.807) is 25.3 Å². The van der Waals surface area contributed by atoms with Crippen molar-refractivity contribution in [2.45, 2.75) is 43.0 Å². The average Bonchev–Trinajstić information content (AvgIpc) is 2.64. The molecule has 2 atom stereocenters. The zero-order valence-corrected chi connectivity index (χ0v) is 13.8. The number of hydrogen-bond donors (Lipinski definition) is 1. The van der Waals surface area contributed by atoms with Gasteiger partial charge in [0.25, 0.3) is 5.91 Å². The van der Waals surface area contributed by atoms with Crippen molar-refractivity contribution >= 4 is 33.4 Å². The van der Waals surface area contributed by atoms with Crippen LogP contribution in [0, 0.1) is 0 Å². The number of amides is 1. The lowest BCUT2D eigenvalue weighted by Gasteiger charge is -2.22. The summed E-state index contributed by atoms with van der Waals surface area (Å²) in [7, 11) is 1.54. The molecule has 0 bridgehead atoms. The third kappa shape index (κ3) is 3.89. The molecule has 0 heterocycles. The fourth-order valence-corrected chi connectivity index (χ4v) is 3.41. The van der Waals surface area contributed by atoms with E-state index in [2.05, 4.69) is 21.2 Å². The Labute approximate surface area is 133 Å². The minimum absolute atomic E-state index is 0.102. The predicted octanol–water partition coefficient (Wildman–Crippen LogP) is 4.17. The van der Waals surface area contributed by atoms with E-state index in [0.29, 0.717) is 21.2 Å². The van der Waals surface area contributed by atoms with E-state index in [-0.39, 0.29) is 11.9 Å². The molecule has 1 fully saturated rings. The van der Waals surface area contributed by atoms with E-state index in [4.69, 9.17) is 16.3 Å². The van der Waals surface area contributed by atoms with Gasteiger partial charge in [-0.3, -0.25) is 4.79 Å². The molecule has 1 N–H and O–H groups in total. The summed E-state index contributed by atoms with van der Waals surface area (Å²) >= 11 is 9.60. The van der Waals surface area contributed by atoms with Crippen LogP contribution in [0.1, 0.15) is 42.5 Å². The number of carbonyl (C=O) groups excluding carboxylic acids is 1. The normalized spacial score (nSPS) is 22.9. The van der Waals surface area contributed by atoms with Gasteiger partial charge in [0.2, 0.25) is 0 Å². The van der Waals surface area contributed by atoms with E-state index in [0.717, 1.165) is 19.3 Å². The van der Waals surface area contributed by atoms with Crippen LogP contribution in [0.5, 0.6) is 5.75 Å². The number of methoxy groups -OCH3 is 1. The van der Waals surface area contributed by atoms with Crippen molar-refractivity contribution in [2.24, 2.45) is 0 Å². The molecule has 20 heavy (non-hydrogen) atoms. The van der Waals surface area contributed by atoms with Gasteiger partial charge in [0.05, 0.1) is 12.7 Å². The maximum Gasteiger partial charge on any atom is 0.255 e. The Kier molecular flexibility index (Phi) is 5.73. The Bertz CT molecular complexity index is 481. The lowest BCUT2D eigenvalue weighted by molar-refractivity contribution is 0.0932. The van der Waals surface area contributed by atoms with Gasteiger partial charge >= 0.3 is 0 Å². The summed E-state index contributed by atoms with van der Waals surface area (Å²) in [5.74, 6) is 0.407. The summed E-state index contributed by atoms with van der Waals surface area (Å²) in [5.41, 5.74) is 0.529. The quantitative estimate of drug-likeness (QED) is 0.649. The second kappa shape index (κ2) is 7.32. The number of halogens is 2. The minimum Gasteiger partial charge on any atom is -0.496 e. The van der Waals surface area contributed by atoms with Crippen LogP contribution in [0.2, 0.25) is 5.02 Å². The molecule has 2 rings (SSSR count).